The SMILES string of the molecule is NC(=S)c1ccc(Br)cc1Nc1c(F)cccc1Br. The Morgan fingerprint density at radius 1 is 1.21 bits per heavy atom. The average Bonchev–Trinajstić information content (AvgIpc) is 2.33. The Balaban J connectivity index is 2.49. The van der Waals surface area contributed by atoms with Gasteiger partial charge in [-0.2, -0.15) is 0 Å². The van der Waals surface area contributed by atoms with Gasteiger partial charge in [0.15, 0.2) is 0 Å². The molecule has 2 aromatic rings. The normalized spacial score (nSPS) is 10.3. The van der Waals surface area contributed by atoms with Gasteiger partial charge in [-0.1, -0.05) is 34.2 Å². The summed E-state index contributed by atoms with van der Waals surface area (Å²) >= 11 is 11.7. The van der Waals surface area contributed by atoms with Crippen LogP contribution in [0.4, 0.5) is 15.8 Å². The molecule has 6 heteroatoms. The minimum Gasteiger partial charge on any atom is -0.389 e. The van der Waals surface area contributed by atoms with Crippen LogP contribution in [0.25, 0.3) is 0 Å². The van der Waals surface area contributed by atoms with E-state index in [1.165, 1.54) is 6.07 Å². The smallest absolute Gasteiger partial charge is 0.147 e. The van der Waals surface area contributed by atoms with Crippen LogP contribution in [-0.4, -0.2) is 4.99 Å². The Morgan fingerprint density at radius 3 is 2.58 bits per heavy atom. The van der Waals surface area contributed by atoms with Crippen LogP contribution in [0.3, 0.4) is 0 Å². The van der Waals surface area contributed by atoms with Crippen molar-refractivity contribution < 1.29 is 4.39 Å². The fourth-order valence-electron chi connectivity index (χ4n) is 1.59. The molecule has 0 aromatic heterocycles. The van der Waals surface area contributed by atoms with Gasteiger partial charge < -0.3 is 11.1 Å². The summed E-state index contributed by atoms with van der Waals surface area (Å²) in [5.41, 5.74) is 7.32. The quantitative estimate of drug-likeness (QED) is 0.727. The van der Waals surface area contributed by atoms with Gasteiger partial charge in [0.2, 0.25) is 0 Å². The zero-order chi connectivity index (χ0) is 14.0. The predicted octanol–water partition coefficient (Wildman–Crippen LogP) is 4.73. The van der Waals surface area contributed by atoms with Crippen LogP contribution in [0.15, 0.2) is 45.3 Å². The highest BCUT2D eigenvalue weighted by Gasteiger charge is 2.11. The predicted molar refractivity (Wildman–Crippen MR) is 87.4 cm³/mol. The maximum atomic E-state index is 13.8. The minimum atomic E-state index is -0.358. The highest BCUT2D eigenvalue weighted by atomic mass is 79.9. The molecule has 0 bridgehead atoms. The molecule has 2 rings (SSSR count). The monoisotopic (exact) mass is 402 g/mol. The number of anilines is 2. The first kappa shape index (κ1) is 14.4. The van der Waals surface area contributed by atoms with Gasteiger partial charge in [-0.3, -0.25) is 0 Å². The Bertz CT molecular complexity index is 626. The number of hydrogen-bond acceptors (Lipinski definition) is 2. The number of hydrogen-bond donors (Lipinski definition) is 2. The molecule has 0 aliphatic rings. The Kier molecular flexibility index (Phi) is 4.54. The Hall–Kier alpha value is -0.980. The van der Waals surface area contributed by atoms with Crippen LogP contribution in [0, 0.1) is 5.82 Å². The zero-order valence-corrected chi connectivity index (χ0v) is 13.6. The summed E-state index contributed by atoms with van der Waals surface area (Å²) in [7, 11) is 0. The third kappa shape index (κ3) is 3.32. The van der Waals surface area contributed by atoms with Crippen molar-refractivity contribution in [3.8, 4) is 0 Å². The lowest BCUT2D eigenvalue weighted by molar-refractivity contribution is 0.631. The second-order valence-corrected chi connectivity index (χ2v) is 5.99. The van der Waals surface area contributed by atoms with Crippen molar-refractivity contribution in [3.05, 3.63) is 56.7 Å². The molecule has 0 unspecified atom stereocenters. The standard InChI is InChI=1S/C13H9Br2FN2S/c14-7-4-5-8(13(17)19)11(6-7)18-12-9(15)2-1-3-10(12)16/h1-6,18H,(H2,17,19). The molecule has 0 aliphatic heterocycles. The summed E-state index contributed by atoms with van der Waals surface area (Å²) in [6, 6.07) is 10.2. The third-order valence-corrected chi connectivity index (χ3v) is 3.84. The number of thiocarbonyl (C=S) groups is 1. The summed E-state index contributed by atoms with van der Waals surface area (Å²) in [5, 5.41) is 3.01. The van der Waals surface area contributed by atoms with Gasteiger partial charge in [-0.05, 0) is 46.3 Å². The zero-order valence-electron chi connectivity index (χ0n) is 9.58. The van der Waals surface area contributed by atoms with E-state index in [4.69, 9.17) is 18.0 Å². The highest BCUT2D eigenvalue weighted by molar-refractivity contribution is 9.10. The van der Waals surface area contributed by atoms with Gasteiger partial charge in [0.1, 0.15) is 10.8 Å². The van der Waals surface area contributed by atoms with Gasteiger partial charge in [0.25, 0.3) is 0 Å². The molecule has 0 aliphatic carbocycles. The number of nitrogens with two attached hydrogens (primary N) is 1. The van der Waals surface area contributed by atoms with Crippen LogP contribution in [0.1, 0.15) is 5.56 Å². The Morgan fingerprint density at radius 2 is 1.95 bits per heavy atom. The molecule has 0 saturated heterocycles. The van der Waals surface area contributed by atoms with E-state index in [0.717, 1.165) is 4.47 Å². The molecule has 0 fully saturated rings. The third-order valence-electron chi connectivity index (χ3n) is 2.47. The van der Waals surface area contributed by atoms with Crippen LogP contribution in [-0.2, 0) is 0 Å². The molecule has 19 heavy (non-hydrogen) atoms. The summed E-state index contributed by atoms with van der Waals surface area (Å²) in [6.45, 7) is 0. The van der Waals surface area contributed by atoms with Crippen LogP contribution >= 0.6 is 44.1 Å². The molecule has 0 saturated carbocycles. The highest BCUT2D eigenvalue weighted by Crippen LogP contribution is 2.31. The summed E-state index contributed by atoms with van der Waals surface area (Å²) in [6.07, 6.45) is 0. The van der Waals surface area contributed by atoms with Gasteiger partial charge in [0, 0.05) is 20.2 Å². The summed E-state index contributed by atoms with van der Waals surface area (Å²) in [5.74, 6) is -0.358. The number of para-hydroxylation sites is 1. The number of benzene rings is 2. The van der Waals surface area contributed by atoms with E-state index in [2.05, 4.69) is 37.2 Å². The van der Waals surface area contributed by atoms with E-state index in [9.17, 15) is 4.39 Å². The van der Waals surface area contributed by atoms with E-state index in [1.807, 2.05) is 6.07 Å². The van der Waals surface area contributed by atoms with E-state index in [-0.39, 0.29) is 10.8 Å². The molecule has 0 heterocycles. The topological polar surface area (TPSA) is 38.0 Å². The molecule has 0 radical (unpaired) electrons. The number of halogens is 3. The average molecular weight is 404 g/mol. The van der Waals surface area contributed by atoms with Crippen molar-refractivity contribution in [1.29, 1.82) is 0 Å². The van der Waals surface area contributed by atoms with Crippen molar-refractivity contribution in [1.82, 2.24) is 0 Å². The van der Waals surface area contributed by atoms with Crippen LogP contribution in [0.5, 0.6) is 0 Å². The lowest BCUT2D eigenvalue weighted by atomic mass is 10.1. The second-order valence-electron chi connectivity index (χ2n) is 3.78. The minimum absolute atomic E-state index is 0.252. The molecule has 0 atom stereocenters. The molecule has 0 amide bonds. The van der Waals surface area contributed by atoms with Crippen molar-refractivity contribution in [2.45, 2.75) is 0 Å². The first-order chi connectivity index (χ1) is 8.99. The molecule has 0 spiro atoms. The van der Waals surface area contributed by atoms with Crippen molar-refractivity contribution in [2.75, 3.05) is 5.32 Å². The van der Waals surface area contributed by atoms with E-state index < -0.39 is 0 Å². The summed E-state index contributed by atoms with van der Waals surface area (Å²) in [4.78, 5) is 0.252. The van der Waals surface area contributed by atoms with Crippen molar-refractivity contribution in [2.24, 2.45) is 5.73 Å². The largest absolute Gasteiger partial charge is 0.389 e. The maximum absolute atomic E-state index is 13.8. The van der Waals surface area contributed by atoms with Gasteiger partial charge in [-0.25, -0.2) is 4.39 Å². The lowest BCUT2D eigenvalue weighted by Gasteiger charge is -2.13. The fraction of sp³-hybridized carbons (Fsp3) is 0. The number of rotatable bonds is 3. The molecule has 98 valence electrons. The van der Waals surface area contributed by atoms with Crippen molar-refractivity contribution >= 4 is 60.4 Å². The van der Waals surface area contributed by atoms with E-state index in [1.54, 1.807) is 24.3 Å². The number of nitrogens with one attached hydrogen (secondary N) is 1. The van der Waals surface area contributed by atoms with Gasteiger partial charge in [-0.15, -0.1) is 0 Å². The molecule has 3 N–H and O–H groups in total. The maximum Gasteiger partial charge on any atom is 0.147 e. The van der Waals surface area contributed by atoms with Crippen LogP contribution in [0.2, 0.25) is 0 Å². The fourth-order valence-corrected chi connectivity index (χ4v) is 2.57. The first-order valence-corrected chi connectivity index (χ1v) is 7.29. The lowest BCUT2D eigenvalue weighted by Crippen LogP contribution is -2.12. The van der Waals surface area contributed by atoms with Crippen molar-refractivity contribution in [3.63, 3.8) is 0 Å². The molecule has 2 nitrogen and oxygen atoms in total. The van der Waals surface area contributed by atoms with Gasteiger partial charge in [0.05, 0.1) is 5.69 Å². The van der Waals surface area contributed by atoms with Gasteiger partial charge >= 0.3 is 0 Å². The Labute approximate surface area is 132 Å². The van der Waals surface area contributed by atoms with Crippen LogP contribution < -0.4 is 11.1 Å². The second kappa shape index (κ2) is 5.98. The molecular formula is C13H9Br2FN2S. The molecular weight excluding hydrogens is 395 g/mol. The molecule has 2 aromatic carbocycles. The first-order valence-electron chi connectivity index (χ1n) is 5.29. The van der Waals surface area contributed by atoms with E-state index >= 15 is 0 Å². The summed E-state index contributed by atoms with van der Waals surface area (Å²) < 4.78 is 15.3. The van der Waals surface area contributed by atoms with E-state index in [0.29, 0.717) is 21.4 Å².